The molecule has 0 bridgehead atoms. The Morgan fingerprint density at radius 3 is 1.20 bits per heavy atom. The van der Waals surface area contributed by atoms with Crippen LogP contribution in [0.4, 0.5) is 0 Å². The highest BCUT2D eigenvalue weighted by Crippen LogP contribution is 2.16. The predicted molar refractivity (Wildman–Crippen MR) is 255 cm³/mol. The van der Waals surface area contributed by atoms with E-state index in [0.717, 1.165) is 64.2 Å². The van der Waals surface area contributed by atoms with Crippen LogP contribution in [0.3, 0.4) is 0 Å². The molecule has 0 aromatic rings. The maximum atomic E-state index is 12.4. The predicted octanol–water partition coefficient (Wildman–Crippen LogP) is 15.7. The molecule has 0 aliphatic heterocycles. The summed E-state index contributed by atoms with van der Waals surface area (Å²) in [6.07, 6.45) is 56.1. The summed E-state index contributed by atoms with van der Waals surface area (Å²) in [6, 6.07) is -0.552. The maximum Gasteiger partial charge on any atom is 0.305 e. The molecule has 0 aromatic heterocycles. The van der Waals surface area contributed by atoms with E-state index in [4.69, 9.17) is 4.74 Å². The summed E-state index contributed by atoms with van der Waals surface area (Å²) in [7, 11) is 0. The molecule has 0 rings (SSSR count). The van der Waals surface area contributed by atoms with E-state index >= 15 is 0 Å². The number of hydrogen-bond acceptors (Lipinski definition) is 5. The van der Waals surface area contributed by atoms with Crippen molar-refractivity contribution in [2.24, 2.45) is 0 Å². The minimum Gasteiger partial charge on any atom is -0.466 e. The van der Waals surface area contributed by atoms with E-state index in [-0.39, 0.29) is 18.5 Å². The van der Waals surface area contributed by atoms with Crippen molar-refractivity contribution in [2.75, 3.05) is 13.2 Å². The number of carbonyl (C=O) groups is 2. The summed E-state index contributed by atoms with van der Waals surface area (Å²) in [5.41, 5.74) is 0. The van der Waals surface area contributed by atoms with Crippen molar-refractivity contribution in [1.29, 1.82) is 0 Å². The Labute approximate surface area is 368 Å². The molecule has 0 aliphatic carbocycles. The fourth-order valence-electron chi connectivity index (χ4n) is 8.22. The van der Waals surface area contributed by atoms with Gasteiger partial charge in [-0.25, -0.2) is 0 Å². The molecule has 2 atom stereocenters. The first-order valence-electron chi connectivity index (χ1n) is 26.4. The third-order valence-electron chi connectivity index (χ3n) is 12.3. The normalized spacial score (nSPS) is 12.7. The standard InChI is InChI=1S/C53H103NO5/c1-3-5-7-9-11-13-15-16-19-22-26-29-33-37-41-45-51(56)50(49-55)54-52(57)46-42-38-34-30-27-23-20-17-18-21-24-28-32-36-40-44-48-59-53(58)47-43-39-35-31-25-14-12-10-8-6-4-2/h17,20,50-51,55-56H,3-16,18-19,21-49H2,1-2H3,(H,54,57)/b20-17-. The van der Waals surface area contributed by atoms with Gasteiger partial charge in [-0.1, -0.05) is 238 Å². The van der Waals surface area contributed by atoms with E-state index in [1.165, 1.54) is 193 Å². The average molecular weight is 834 g/mol. The van der Waals surface area contributed by atoms with E-state index < -0.39 is 12.1 Å². The first kappa shape index (κ1) is 57.6. The molecular formula is C53H103NO5. The molecule has 0 spiro atoms. The molecule has 0 radical (unpaired) electrons. The molecule has 2 unspecified atom stereocenters. The lowest BCUT2D eigenvalue weighted by Crippen LogP contribution is -2.45. The summed E-state index contributed by atoms with van der Waals surface area (Å²) in [6.45, 7) is 4.93. The number of aliphatic hydroxyl groups is 2. The van der Waals surface area contributed by atoms with Crippen LogP contribution in [-0.2, 0) is 14.3 Å². The monoisotopic (exact) mass is 834 g/mol. The first-order chi connectivity index (χ1) is 29.0. The molecular weight excluding hydrogens is 731 g/mol. The van der Waals surface area contributed by atoms with E-state index in [1.54, 1.807) is 0 Å². The zero-order valence-corrected chi connectivity index (χ0v) is 39.7. The Bertz CT molecular complexity index is 878. The van der Waals surface area contributed by atoms with Gasteiger partial charge in [0.25, 0.3) is 0 Å². The Morgan fingerprint density at radius 2 is 0.797 bits per heavy atom. The van der Waals surface area contributed by atoms with Crippen molar-refractivity contribution in [3.05, 3.63) is 12.2 Å². The Kier molecular flexibility index (Phi) is 48.1. The number of carbonyl (C=O) groups excluding carboxylic acids is 2. The van der Waals surface area contributed by atoms with E-state index in [2.05, 4.69) is 31.3 Å². The van der Waals surface area contributed by atoms with E-state index in [1.807, 2.05) is 0 Å². The first-order valence-corrected chi connectivity index (χ1v) is 26.4. The van der Waals surface area contributed by atoms with Crippen LogP contribution in [0.1, 0.15) is 290 Å². The summed E-state index contributed by atoms with van der Waals surface area (Å²) >= 11 is 0. The number of hydrogen-bond donors (Lipinski definition) is 3. The molecule has 0 saturated carbocycles. The molecule has 0 fully saturated rings. The summed E-state index contributed by atoms with van der Waals surface area (Å²) in [4.78, 5) is 24.4. The zero-order chi connectivity index (χ0) is 43.0. The molecule has 6 nitrogen and oxygen atoms in total. The van der Waals surface area contributed by atoms with Crippen LogP contribution < -0.4 is 5.32 Å². The lowest BCUT2D eigenvalue weighted by Gasteiger charge is -2.22. The number of rotatable bonds is 49. The lowest BCUT2D eigenvalue weighted by atomic mass is 10.0. The fraction of sp³-hybridized carbons (Fsp3) is 0.925. The minimum absolute atomic E-state index is 0.00291. The van der Waals surface area contributed by atoms with Gasteiger partial charge in [0.2, 0.25) is 5.91 Å². The second-order valence-electron chi connectivity index (χ2n) is 18.2. The number of ether oxygens (including phenoxy) is 1. The van der Waals surface area contributed by atoms with Gasteiger partial charge in [0.15, 0.2) is 0 Å². The smallest absolute Gasteiger partial charge is 0.305 e. The Hall–Kier alpha value is -1.40. The summed E-state index contributed by atoms with van der Waals surface area (Å²) in [5.74, 6) is -0.0536. The second-order valence-corrected chi connectivity index (χ2v) is 18.2. The van der Waals surface area contributed by atoms with E-state index in [0.29, 0.717) is 25.9 Å². The highest BCUT2D eigenvalue weighted by molar-refractivity contribution is 5.76. The number of nitrogens with one attached hydrogen (secondary N) is 1. The lowest BCUT2D eigenvalue weighted by molar-refractivity contribution is -0.143. The van der Waals surface area contributed by atoms with Crippen LogP contribution in [0, 0.1) is 0 Å². The SMILES string of the molecule is CCCCCCCCCCCCCCCCCC(O)C(CO)NC(=O)CCCCCCC/C=C\CCCCCCCCCOC(=O)CCCCCCCCCCCCC. The molecule has 0 aromatic carbocycles. The minimum atomic E-state index is -0.673. The molecule has 350 valence electrons. The van der Waals surface area contributed by atoms with Gasteiger partial charge >= 0.3 is 5.97 Å². The van der Waals surface area contributed by atoms with Crippen LogP contribution in [0.5, 0.6) is 0 Å². The number of allylic oxidation sites excluding steroid dienone is 2. The molecule has 0 heterocycles. The molecule has 59 heavy (non-hydrogen) atoms. The third-order valence-corrected chi connectivity index (χ3v) is 12.3. The van der Waals surface area contributed by atoms with Crippen molar-refractivity contribution >= 4 is 11.9 Å². The largest absolute Gasteiger partial charge is 0.466 e. The van der Waals surface area contributed by atoms with Crippen molar-refractivity contribution in [3.63, 3.8) is 0 Å². The molecule has 0 aliphatic rings. The van der Waals surface area contributed by atoms with Gasteiger partial charge in [-0.15, -0.1) is 0 Å². The van der Waals surface area contributed by atoms with Gasteiger partial charge in [0.1, 0.15) is 0 Å². The van der Waals surface area contributed by atoms with Gasteiger partial charge in [0, 0.05) is 12.8 Å². The van der Waals surface area contributed by atoms with Crippen molar-refractivity contribution in [1.82, 2.24) is 5.32 Å². The Balaban J connectivity index is 3.47. The van der Waals surface area contributed by atoms with Crippen LogP contribution in [-0.4, -0.2) is 47.4 Å². The molecule has 1 amide bonds. The third kappa shape index (κ3) is 45.9. The fourth-order valence-corrected chi connectivity index (χ4v) is 8.22. The maximum absolute atomic E-state index is 12.4. The van der Waals surface area contributed by atoms with Crippen LogP contribution in [0.25, 0.3) is 0 Å². The van der Waals surface area contributed by atoms with Crippen molar-refractivity contribution in [3.8, 4) is 0 Å². The van der Waals surface area contributed by atoms with Crippen LogP contribution >= 0.6 is 0 Å². The highest BCUT2D eigenvalue weighted by atomic mass is 16.5. The van der Waals surface area contributed by atoms with Crippen molar-refractivity contribution in [2.45, 2.75) is 302 Å². The highest BCUT2D eigenvalue weighted by Gasteiger charge is 2.20. The number of amides is 1. The Morgan fingerprint density at radius 1 is 0.458 bits per heavy atom. The molecule has 0 saturated heterocycles. The number of unbranched alkanes of at least 4 members (excludes halogenated alkanes) is 36. The van der Waals surface area contributed by atoms with E-state index in [9.17, 15) is 19.8 Å². The summed E-state index contributed by atoms with van der Waals surface area (Å²) < 4.78 is 5.45. The van der Waals surface area contributed by atoms with Gasteiger partial charge in [0.05, 0.1) is 25.4 Å². The average Bonchev–Trinajstić information content (AvgIpc) is 3.24. The van der Waals surface area contributed by atoms with Gasteiger partial charge < -0.3 is 20.3 Å². The number of esters is 1. The van der Waals surface area contributed by atoms with Crippen LogP contribution in [0.2, 0.25) is 0 Å². The van der Waals surface area contributed by atoms with Gasteiger partial charge in [-0.3, -0.25) is 9.59 Å². The topological polar surface area (TPSA) is 95.9 Å². The van der Waals surface area contributed by atoms with Gasteiger partial charge in [-0.2, -0.15) is 0 Å². The molecule has 6 heteroatoms. The molecule has 3 N–H and O–H groups in total. The van der Waals surface area contributed by atoms with Crippen LogP contribution in [0.15, 0.2) is 12.2 Å². The second kappa shape index (κ2) is 49.3. The quantitative estimate of drug-likeness (QED) is 0.0322. The van der Waals surface area contributed by atoms with Crippen molar-refractivity contribution < 1.29 is 24.5 Å². The van der Waals surface area contributed by atoms with Gasteiger partial charge in [-0.05, 0) is 51.4 Å². The number of aliphatic hydroxyl groups excluding tert-OH is 2. The summed E-state index contributed by atoms with van der Waals surface area (Å²) in [5, 5.41) is 23.2. The zero-order valence-electron chi connectivity index (χ0n) is 39.7.